The Bertz CT molecular complexity index is 172. The molecule has 0 heterocycles. The predicted octanol–water partition coefficient (Wildman–Crippen LogP) is 0.586. The molecule has 0 aromatic carbocycles. The van der Waals surface area contributed by atoms with Gasteiger partial charge in [-0.15, -0.1) is 0 Å². The molecule has 2 aliphatic carbocycles. The average molecular weight is 138 g/mol. The molecule has 56 valence electrons. The van der Waals surface area contributed by atoms with Crippen molar-refractivity contribution >= 4 is 0 Å². The molecule has 0 radical (unpaired) electrons. The maximum Gasteiger partial charge on any atom is 0.0746 e. The molecule has 0 aromatic rings. The van der Waals surface area contributed by atoms with Gasteiger partial charge in [0.15, 0.2) is 0 Å². The Morgan fingerprint density at radius 1 is 1.40 bits per heavy atom. The summed E-state index contributed by atoms with van der Waals surface area (Å²) in [4.78, 5) is 0. The zero-order chi connectivity index (χ0) is 7.14. The molecule has 2 heteroatoms. The van der Waals surface area contributed by atoms with E-state index in [4.69, 9.17) is 11.5 Å². The molecular weight excluding hydrogens is 124 g/mol. The molecule has 0 aliphatic heterocycles. The minimum absolute atomic E-state index is 0.185. The summed E-state index contributed by atoms with van der Waals surface area (Å²) in [6.45, 7) is 0. The van der Waals surface area contributed by atoms with Crippen molar-refractivity contribution in [2.75, 3.05) is 0 Å². The van der Waals surface area contributed by atoms with Crippen molar-refractivity contribution in [1.82, 2.24) is 0 Å². The fraction of sp³-hybridized carbons (Fsp3) is 0.750. The largest absolute Gasteiger partial charge is 0.313 e. The van der Waals surface area contributed by atoms with Crippen molar-refractivity contribution in [2.24, 2.45) is 23.3 Å². The molecule has 2 rings (SSSR count). The van der Waals surface area contributed by atoms with Crippen LogP contribution in [0.4, 0.5) is 0 Å². The van der Waals surface area contributed by atoms with E-state index in [9.17, 15) is 0 Å². The normalized spacial score (nSPS) is 37.3. The first kappa shape index (κ1) is 6.38. The molecule has 2 unspecified atom stereocenters. The van der Waals surface area contributed by atoms with Crippen LogP contribution < -0.4 is 11.5 Å². The highest BCUT2D eigenvalue weighted by Gasteiger charge is 2.33. The monoisotopic (exact) mass is 138 g/mol. The van der Waals surface area contributed by atoms with E-state index >= 15 is 0 Å². The Labute approximate surface area is 61.3 Å². The lowest BCUT2D eigenvalue weighted by atomic mass is 9.97. The highest BCUT2D eigenvalue weighted by atomic mass is 14.9. The molecule has 10 heavy (non-hydrogen) atoms. The lowest BCUT2D eigenvalue weighted by Crippen LogP contribution is -2.34. The zero-order valence-corrected chi connectivity index (χ0v) is 6.09. The van der Waals surface area contributed by atoms with Gasteiger partial charge in [0.05, 0.1) is 6.17 Å². The highest BCUT2D eigenvalue weighted by molar-refractivity contribution is 5.23. The summed E-state index contributed by atoms with van der Waals surface area (Å²) in [5.74, 6) is 1.56. The van der Waals surface area contributed by atoms with Crippen LogP contribution >= 0.6 is 0 Å². The minimum Gasteiger partial charge on any atom is -0.313 e. The minimum atomic E-state index is -0.185. The predicted molar refractivity (Wildman–Crippen MR) is 41.1 cm³/mol. The first-order valence-corrected chi connectivity index (χ1v) is 4.00. The lowest BCUT2D eigenvalue weighted by molar-refractivity contribution is 0.595. The summed E-state index contributed by atoms with van der Waals surface area (Å²) in [7, 11) is 0. The van der Waals surface area contributed by atoms with E-state index in [2.05, 4.69) is 6.08 Å². The number of rotatable bonds is 1. The molecule has 2 atom stereocenters. The molecule has 0 saturated heterocycles. The second-order valence-corrected chi connectivity index (χ2v) is 3.46. The van der Waals surface area contributed by atoms with Gasteiger partial charge in [-0.05, 0) is 36.7 Å². The zero-order valence-electron chi connectivity index (χ0n) is 6.09. The average Bonchev–Trinajstić information content (AvgIpc) is 2.44. The number of fused-ring (bicyclic) bond motifs is 2. The van der Waals surface area contributed by atoms with Crippen molar-refractivity contribution in [2.45, 2.75) is 25.4 Å². The van der Waals surface area contributed by atoms with Crippen molar-refractivity contribution in [3.8, 4) is 0 Å². The fourth-order valence-corrected chi connectivity index (χ4v) is 2.26. The van der Waals surface area contributed by atoms with E-state index in [1.54, 1.807) is 0 Å². The van der Waals surface area contributed by atoms with Crippen LogP contribution in [0.2, 0.25) is 0 Å². The summed E-state index contributed by atoms with van der Waals surface area (Å²) in [6.07, 6.45) is 6.11. The van der Waals surface area contributed by atoms with Gasteiger partial charge in [-0.3, -0.25) is 0 Å². The third-order valence-electron chi connectivity index (χ3n) is 2.76. The summed E-state index contributed by atoms with van der Waals surface area (Å²) < 4.78 is 0. The molecule has 0 aromatic heterocycles. The van der Waals surface area contributed by atoms with Gasteiger partial charge in [-0.1, -0.05) is 6.08 Å². The number of hydrogen-bond acceptors (Lipinski definition) is 2. The van der Waals surface area contributed by atoms with Crippen LogP contribution in [0.25, 0.3) is 0 Å². The third-order valence-corrected chi connectivity index (χ3v) is 2.76. The summed E-state index contributed by atoms with van der Waals surface area (Å²) >= 11 is 0. The molecular formula is C8H14N2. The van der Waals surface area contributed by atoms with Crippen LogP contribution in [0.3, 0.4) is 0 Å². The highest BCUT2D eigenvalue weighted by Crippen LogP contribution is 2.43. The van der Waals surface area contributed by atoms with Crippen molar-refractivity contribution in [3.63, 3.8) is 0 Å². The summed E-state index contributed by atoms with van der Waals surface area (Å²) in [6, 6.07) is 0. The van der Waals surface area contributed by atoms with Crippen LogP contribution in [0, 0.1) is 11.8 Å². The topological polar surface area (TPSA) is 52.0 Å². The Hall–Kier alpha value is -0.340. The smallest absolute Gasteiger partial charge is 0.0746 e. The summed E-state index contributed by atoms with van der Waals surface area (Å²) in [5.41, 5.74) is 12.5. The van der Waals surface area contributed by atoms with Crippen molar-refractivity contribution in [1.29, 1.82) is 0 Å². The second-order valence-electron chi connectivity index (χ2n) is 3.46. The first-order valence-electron chi connectivity index (χ1n) is 4.00. The number of nitrogens with two attached hydrogens (primary N) is 2. The molecule has 1 fully saturated rings. The quantitative estimate of drug-likeness (QED) is 0.411. The van der Waals surface area contributed by atoms with Crippen LogP contribution in [-0.4, -0.2) is 6.17 Å². The Balaban J connectivity index is 2.17. The van der Waals surface area contributed by atoms with Crippen LogP contribution in [0.1, 0.15) is 19.3 Å². The van der Waals surface area contributed by atoms with Crippen LogP contribution in [-0.2, 0) is 0 Å². The van der Waals surface area contributed by atoms with Gasteiger partial charge in [-0.25, -0.2) is 0 Å². The molecule has 2 aliphatic rings. The standard InChI is InChI=1S/C8H14N2/c9-8(10)7-4-5-1-2-6(7)3-5/h4-6,8H,1-3,9-10H2. The molecule has 1 saturated carbocycles. The maximum absolute atomic E-state index is 5.59. The van der Waals surface area contributed by atoms with Gasteiger partial charge in [0, 0.05) is 0 Å². The Morgan fingerprint density at radius 3 is 2.50 bits per heavy atom. The van der Waals surface area contributed by atoms with Crippen molar-refractivity contribution < 1.29 is 0 Å². The Kier molecular flexibility index (Phi) is 1.32. The van der Waals surface area contributed by atoms with E-state index < -0.39 is 0 Å². The second kappa shape index (κ2) is 2.07. The molecule has 0 spiro atoms. The van der Waals surface area contributed by atoms with E-state index in [0.29, 0.717) is 0 Å². The van der Waals surface area contributed by atoms with Gasteiger partial charge in [0.2, 0.25) is 0 Å². The molecule has 0 amide bonds. The van der Waals surface area contributed by atoms with Crippen LogP contribution in [0.5, 0.6) is 0 Å². The van der Waals surface area contributed by atoms with Gasteiger partial charge in [0.1, 0.15) is 0 Å². The molecule has 2 nitrogen and oxygen atoms in total. The fourth-order valence-electron chi connectivity index (χ4n) is 2.26. The maximum atomic E-state index is 5.59. The van der Waals surface area contributed by atoms with E-state index in [0.717, 1.165) is 11.8 Å². The lowest BCUT2D eigenvalue weighted by Gasteiger charge is -2.15. The molecule has 4 N–H and O–H groups in total. The van der Waals surface area contributed by atoms with Gasteiger partial charge >= 0.3 is 0 Å². The van der Waals surface area contributed by atoms with E-state index in [1.807, 2.05) is 0 Å². The van der Waals surface area contributed by atoms with E-state index in [-0.39, 0.29) is 6.17 Å². The van der Waals surface area contributed by atoms with Crippen molar-refractivity contribution in [3.05, 3.63) is 11.6 Å². The van der Waals surface area contributed by atoms with Gasteiger partial charge in [-0.2, -0.15) is 0 Å². The van der Waals surface area contributed by atoms with Gasteiger partial charge in [0.25, 0.3) is 0 Å². The Morgan fingerprint density at radius 2 is 2.20 bits per heavy atom. The van der Waals surface area contributed by atoms with Crippen LogP contribution in [0.15, 0.2) is 11.6 Å². The number of allylic oxidation sites excluding steroid dienone is 1. The first-order chi connectivity index (χ1) is 4.77. The number of hydrogen-bond donors (Lipinski definition) is 2. The molecule has 2 bridgehead atoms. The summed E-state index contributed by atoms with van der Waals surface area (Å²) in [5, 5.41) is 0. The SMILES string of the molecule is NC(N)C1=CC2CCC1C2. The third kappa shape index (κ3) is 0.796. The van der Waals surface area contributed by atoms with Gasteiger partial charge < -0.3 is 11.5 Å². The van der Waals surface area contributed by atoms with E-state index in [1.165, 1.54) is 24.8 Å².